The lowest BCUT2D eigenvalue weighted by Gasteiger charge is -2.18. The van der Waals surface area contributed by atoms with Gasteiger partial charge in [0.2, 0.25) is 0 Å². The first kappa shape index (κ1) is 9.53. The van der Waals surface area contributed by atoms with Crippen LogP contribution in [0.25, 0.3) is 0 Å². The number of rotatable bonds is 2. The van der Waals surface area contributed by atoms with Crippen molar-refractivity contribution in [2.75, 3.05) is 6.61 Å². The Labute approximate surface area is 85.1 Å². The highest BCUT2D eigenvalue weighted by Gasteiger charge is 2.10. The maximum Gasteiger partial charge on any atom is 0.122 e. The van der Waals surface area contributed by atoms with Crippen LogP contribution in [-0.2, 0) is 12.8 Å². The second kappa shape index (κ2) is 4.01. The van der Waals surface area contributed by atoms with Crippen molar-refractivity contribution in [2.24, 2.45) is 5.73 Å². The number of benzene rings is 1. The van der Waals surface area contributed by atoms with E-state index in [1.807, 2.05) is 6.92 Å². The minimum Gasteiger partial charge on any atom is -0.493 e. The average Bonchev–Trinajstić information content (AvgIpc) is 2.17. The van der Waals surface area contributed by atoms with Gasteiger partial charge in [0.1, 0.15) is 5.75 Å². The zero-order valence-corrected chi connectivity index (χ0v) is 8.62. The first-order valence-electron chi connectivity index (χ1n) is 5.26. The number of fused-ring (bicyclic) bond motifs is 1. The summed E-state index contributed by atoms with van der Waals surface area (Å²) in [6.45, 7) is 2.88. The average molecular weight is 191 g/mol. The topological polar surface area (TPSA) is 35.2 Å². The zero-order valence-electron chi connectivity index (χ0n) is 8.62. The molecular formula is C12H17NO. The van der Waals surface area contributed by atoms with Crippen LogP contribution < -0.4 is 10.5 Å². The van der Waals surface area contributed by atoms with Crippen LogP contribution in [0.1, 0.15) is 24.5 Å². The first-order valence-corrected chi connectivity index (χ1v) is 5.26. The fraction of sp³-hybridized carbons (Fsp3) is 0.500. The molecule has 0 amide bonds. The molecule has 0 aromatic heterocycles. The summed E-state index contributed by atoms with van der Waals surface area (Å²) in [7, 11) is 0. The lowest BCUT2D eigenvalue weighted by molar-refractivity contribution is 0.288. The first-order chi connectivity index (χ1) is 6.75. The number of nitrogens with two attached hydrogens (primary N) is 1. The van der Waals surface area contributed by atoms with Crippen molar-refractivity contribution >= 4 is 0 Å². The number of aryl methyl sites for hydroxylation is 1. The maximum absolute atomic E-state index is 5.76. The fourth-order valence-corrected chi connectivity index (χ4v) is 1.88. The van der Waals surface area contributed by atoms with Gasteiger partial charge >= 0.3 is 0 Å². The Morgan fingerprint density at radius 2 is 2.36 bits per heavy atom. The quantitative estimate of drug-likeness (QED) is 0.775. The summed E-state index contributed by atoms with van der Waals surface area (Å²) in [5.74, 6) is 1.06. The molecule has 2 heteroatoms. The van der Waals surface area contributed by atoms with Crippen molar-refractivity contribution in [1.82, 2.24) is 0 Å². The van der Waals surface area contributed by atoms with E-state index in [9.17, 15) is 0 Å². The lowest BCUT2D eigenvalue weighted by atomic mass is 10.0. The van der Waals surface area contributed by atoms with Gasteiger partial charge in [-0.05, 0) is 43.4 Å². The monoisotopic (exact) mass is 191 g/mol. The van der Waals surface area contributed by atoms with Gasteiger partial charge in [-0.2, -0.15) is 0 Å². The molecule has 0 unspecified atom stereocenters. The molecule has 0 saturated heterocycles. The van der Waals surface area contributed by atoms with Crippen LogP contribution in [0.2, 0.25) is 0 Å². The molecule has 1 aliphatic heterocycles. The van der Waals surface area contributed by atoms with Crippen molar-refractivity contribution in [3.8, 4) is 5.75 Å². The molecule has 1 aromatic rings. The third kappa shape index (κ3) is 2.07. The lowest BCUT2D eigenvalue weighted by Crippen LogP contribution is -2.18. The maximum atomic E-state index is 5.76. The van der Waals surface area contributed by atoms with Gasteiger partial charge < -0.3 is 10.5 Å². The fourth-order valence-electron chi connectivity index (χ4n) is 1.88. The summed E-state index contributed by atoms with van der Waals surface area (Å²) >= 11 is 0. The molecule has 1 aliphatic rings. The molecule has 2 N–H and O–H groups in total. The van der Waals surface area contributed by atoms with E-state index in [0.29, 0.717) is 0 Å². The molecular weight excluding hydrogens is 174 g/mol. The number of ether oxygens (including phenoxy) is 1. The van der Waals surface area contributed by atoms with E-state index in [-0.39, 0.29) is 6.04 Å². The highest BCUT2D eigenvalue weighted by Crippen LogP contribution is 2.26. The molecule has 0 bridgehead atoms. The summed E-state index contributed by atoms with van der Waals surface area (Å²) in [4.78, 5) is 0. The van der Waals surface area contributed by atoms with Gasteiger partial charge in [0.15, 0.2) is 0 Å². The SMILES string of the molecule is C[C@@H](N)Cc1ccc2c(c1)OCCC2. The zero-order chi connectivity index (χ0) is 9.97. The predicted molar refractivity (Wildman–Crippen MR) is 57.6 cm³/mol. The van der Waals surface area contributed by atoms with Gasteiger partial charge in [-0.3, -0.25) is 0 Å². The molecule has 0 spiro atoms. The van der Waals surface area contributed by atoms with Crippen molar-refractivity contribution in [3.05, 3.63) is 29.3 Å². The molecule has 0 aliphatic carbocycles. The number of hydrogen-bond acceptors (Lipinski definition) is 2. The second-order valence-electron chi connectivity index (χ2n) is 4.08. The Morgan fingerprint density at radius 3 is 3.14 bits per heavy atom. The van der Waals surface area contributed by atoms with Gasteiger partial charge in [0.05, 0.1) is 6.61 Å². The highest BCUT2D eigenvalue weighted by molar-refractivity contribution is 5.39. The molecule has 1 heterocycles. The summed E-state index contributed by atoms with van der Waals surface area (Å²) in [5.41, 5.74) is 8.38. The van der Waals surface area contributed by atoms with Gasteiger partial charge in [-0.15, -0.1) is 0 Å². The molecule has 0 fully saturated rings. The van der Waals surface area contributed by atoms with Crippen molar-refractivity contribution in [3.63, 3.8) is 0 Å². The Balaban J connectivity index is 2.20. The predicted octanol–water partition coefficient (Wildman–Crippen LogP) is 1.90. The number of hydrogen-bond donors (Lipinski definition) is 1. The summed E-state index contributed by atoms with van der Waals surface area (Å²) in [5, 5.41) is 0. The normalized spacial score (nSPS) is 17.0. The largest absolute Gasteiger partial charge is 0.493 e. The molecule has 2 rings (SSSR count). The smallest absolute Gasteiger partial charge is 0.122 e. The third-order valence-corrected chi connectivity index (χ3v) is 2.54. The van der Waals surface area contributed by atoms with Crippen LogP contribution in [0.15, 0.2) is 18.2 Å². The van der Waals surface area contributed by atoms with Crippen molar-refractivity contribution in [1.29, 1.82) is 0 Å². The Morgan fingerprint density at radius 1 is 1.50 bits per heavy atom. The molecule has 14 heavy (non-hydrogen) atoms. The van der Waals surface area contributed by atoms with Gasteiger partial charge in [0.25, 0.3) is 0 Å². The molecule has 2 nitrogen and oxygen atoms in total. The van der Waals surface area contributed by atoms with Crippen LogP contribution in [0.3, 0.4) is 0 Å². The van der Waals surface area contributed by atoms with Gasteiger partial charge in [-0.25, -0.2) is 0 Å². The Hall–Kier alpha value is -1.02. The Bertz CT molecular complexity index is 320. The van der Waals surface area contributed by atoms with E-state index in [1.54, 1.807) is 0 Å². The van der Waals surface area contributed by atoms with E-state index >= 15 is 0 Å². The highest BCUT2D eigenvalue weighted by atomic mass is 16.5. The molecule has 76 valence electrons. The summed E-state index contributed by atoms with van der Waals surface area (Å²) < 4.78 is 5.60. The molecule has 1 atom stereocenters. The summed E-state index contributed by atoms with van der Waals surface area (Å²) in [6, 6.07) is 6.69. The van der Waals surface area contributed by atoms with Crippen LogP contribution in [0.5, 0.6) is 5.75 Å². The van der Waals surface area contributed by atoms with Gasteiger partial charge in [-0.1, -0.05) is 12.1 Å². The van der Waals surface area contributed by atoms with Crippen molar-refractivity contribution < 1.29 is 4.74 Å². The molecule has 1 aromatic carbocycles. The van der Waals surface area contributed by atoms with Gasteiger partial charge in [0, 0.05) is 6.04 Å². The van der Waals surface area contributed by atoms with Crippen LogP contribution in [0.4, 0.5) is 0 Å². The molecule has 0 radical (unpaired) electrons. The summed E-state index contributed by atoms with van der Waals surface area (Å²) in [6.07, 6.45) is 3.21. The standard InChI is InChI=1S/C12H17NO/c1-9(13)7-10-4-5-11-3-2-6-14-12(11)8-10/h4-5,8-9H,2-3,6-7,13H2,1H3/t9-/m1/s1. The van der Waals surface area contributed by atoms with E-state index < -0.39 is 0 Å². The van der Waals surface area contributed by atoms with E-state index in [2.05, 4.69) is 18.2 Å². The minimum atomic E-state index is 0.219. The van der Waals surface area contributed by atoms with E-state index in [4.69, 9.17) is 10.5 Å². The van der Waals surface area contributed by atoms with E-state index in [1.165, 1.54) is 11.1 Å². The van der Waals surface area contributed by atoms with E-state index in [0.717, 1.165) is 31.6 Å². The van der Waals surface area contributed by atoms with Crippen LogP contribution in [0, 0.1) is 0 Å². The third-order valence-electron chi connectivity index (χ3n) is 2.54. The van der Waals surface area contributed by atoms with Crippen LogP contribution >= 0.6 is 0 Å². The Kier molecular flexibility index (Phi) is 2.73. The minimum absolute atomic E-state index is 0.219. The molecule has 0 saturated carbocycles. The second-order valence-corrected chi connectivity index (χ2v) is 4.08. The van der Waals surface area contributed by atoms with Crippen molar-refractivity contribution in [2.45, 2.75) is 32.2 Å². The van der Waals surface area contributed by atoms with Crippen LogP contribution in [-0.4, -0.2) is 12.6 Å².